The first-order chi connectivity index (χ1) is 8.80. The second-order valence-corrected chi connectivity index (χ2v) is 6.49. The molecule has 1 amide bonds. The minimum absolute atomic E-state index is 0.116. The quantitative estimate of drug-likeness (QED) is 0.798. The lowest BCUT2D eigenvalue weighted by Crippen LogP contribution is -2.28. The third kappa shape index (κ3) is 5.40. The molecular weight excluding hydrogens is 266 g/mol. The van der Waals surface area contributed by atoms with Crippen LogP contribution in [0.1, 0.15) is 24.2 Å². The van der Waals surface area contributed by atoms with E-state index in [-0.39, 0.29) is 16.9 Å². The van der Waals surface area contributed by atoms with Crippen LogP contribution in [0.15, 0.2) is 29.2 Å². The Bertz CT molecular complexity index is 537. The van der Waals surface area contributed by atoms with Crippen LogP contribution in [0.25, 0.3) is 0 Å². The predicted octanol–water partition coefficient (Wildman–Crippen LogP) is 1.24. The molecule has 106 valence electrons. The molecule has 1 N–H and O–H groups in total. The summed E-state index contributed by atoms with van der Waals surface area (Å²) in [6, 6.07) is 5.96. The molecule has 5 nitrogen and oxygen atoms in total. The van der Waals surface area contributed by atoms with Gasteiger partial charge in [0, 0.05) is 18.4 Å². The zero-order valence-electron chi connectivity index (χ0n) is 11.3. The van der Waals surface area contributed by atoms with Crippen LogP contribution in [0.2, 0.25) is 0 Å². The molecule has 0 heterocycles. The van der Waals surface area contributed by atoms with Crippen molar-refractivity contribution in [1.29, 1.82) is 0 Å². The van der Waals surface area contributed by atoms with E-state index in [9.17, 15) is 13.2 Å². The van der Waals surface area contributed by atoms with Crippen molar-refractivity contribution >= 4 is 15.7 Å². The fraction of sp³-hybridized carbons (Fsp3) is 0.462. The highest BCUT2D eigenvalue weighted by molar-refractivity contribution is 7.90. The standard InChI is InChI=1S/C13H19NO4S/c1-10(2)18-8-7-14-13(15)11-5-4-6-12(9-11)19(3,16)17/h4-6,9-10H,7-8H2,1-3H3,(H,14,15). The molecule has 0 aromatic heterocycles. The maximum atomic E-state index is 11.8. The maximum absolute atomic E-state index is 11.8. The van der Waals surface area contributed by atoms with E-state index in [0.29, 0.717) is 18.7 Å². The average molecular weight is 285 g/mol. The van der Waals surface area contributed by atoms with Crippen LogP contribution in [-0.2, 0) is 14.6 Å². The van der Waals surface area contributed by atoms with Gasteiger partial charge >= 0.3 is 0 Å². The van der Waals surface area contributed by atoms with Crippen molar-refractivity contribution in [3.8, 4) is 0 Å². The van der Waals surface area contributed by atoms with Crippen LogP contribution in [0.5, 0.6) is 0 Å². The minimum Gasteiger partial charge on any atom is -0.377 e. The molecule has 1 aromatic carbocycles. The molecule has 0 radical (unpaired) electrons. The van der Waals surface area contributed by atoms with E-state index in [2.05, 4.69) is 5.32 Å². The molecule has 0 aliphatic heterocycles. The predicted molar refractivity (Wildman–Crippen MR) is 73.0 cm³/mol. The van der Waals surface area contributed by atoms with Gasteiger partial charge in [-0.1, -0.05) is 6.07 Å². The first-order valence-corrected chi connectivity index (χ1v) is 7.90. The fourth-order valence-electron chi connectivity index (χ4n) is 1.43. The van der Waals surface area contributed by atoms with Crippen molar-refractivity contribution < 1.29 is 17.9 Å². The van der Waals surface area contributed by atoms with Gasteiger partial charge in [0.05, 0.1) is 17.6 Å². The van der Waals surface area contributed by atoms with E-state index in [1.165, 1.54) is 12.1 Å². The Morgan fingerprint density at radius 1 is 1.37 bits per heavy atom. The first kappa shape index (κ1) is 15.7. The fourth-order valence-corrected chi connectivity index (χ4v) is 2.10. The van der Waals surface area contributed by atoms with E-state index >= 15 is 0 Å². The molecule has 19 heavy (non-hydrogen) atoms. The third-order valence-electron chi connectivity index (χ3n) is 2.36. The van der Waals surface area contributed by atoms with Crippen molar-refractivity contribution in [3.05, 3.63) is 29.8 Å². The highest BCUT2D eigenvalue weighted by Gasteiger charge is 2.11. The molecule has 0 bridgehead atoms. The summed E-state index contributed by atoms with van der Waals surface area (Å²) in [4.78, 5) is 11.9. The highest BCUT2D eigenvalue weighted by Crippen LogP contribution is 2.11. The molecule has 0 fully saturated rings. The number of carbonyl (C=O) groups is 1. The van der Waals surface area contributed by atoms with E-state index in [0.717, 1.165) is 6.26 Å². The Morgan fingerprint density at radius 2 is 2.05 bits per heavy atom. The average Bonchev–Trinajstić information content (AvgIpc) is 2.33. The van der Waals surface area contributed by atoms with Gasteiger partial charge in [-0.05, 0) is 32.0 Å². The van der Waals surface area contributed by atoms with Gasteiger partial charge in [0.2, 0.25) is 0 Å². The number of nitrogens with one attached hydrogen (secondary N) is 1. The Kier molecular flexibility index (Phi) is 5.50. The number of sulfone groups is 1. The van der Waals surface area contributed by atoms with E-state index in [1.54, 1.807) is 12.1 Å². The van der Waals surface area contributed by atoms with Crippen LogP contribution >= 0.6 is 0 Å². The molecule has 0 saturated carbocycles. The maximum Gasteiger partial charge on any atom is 0.251 e. The van der Waals surface area contributed by atoms with Crippen LogP contribution in [0, 0.1) is 0 Å². The smallest absolute Gasteiger partial charge is 0.251 e. The molecule has 6 heteroatoms. The van der Waals surface area contributed by atoms with E-state index in [4.69, 9.17) is 4.74 Å². The summed E-state index contributed by atoms with van der Waals surface area (Å²) in [6.07, 6.45) is 1.23. The van der Waals surface area contributed by atoms with Gasteiger partial charge in [-0.25, -0.2) is 8.42 Å². The van der Waals surface area contributed by atoms with Crippen LogP contribution in [0.3, 0.4) is 0 Å². The summed E-state index contributed by atoms with van der Waals surface area (Å²) in [5, 5.41) is 2.67. The van der Waals surface area contributed by atoms with Crippen LogP contribution in [0.4, 0.5) is 0 Å². The summed E-state index contributed by atoms with van der Waals surface area (Å²) < 4.78 is 28.1. The second-order valence-electron chi connectivity index (χ2n) is 4.48. The topological polar surface area (TPSA) is 72.5 Å². The van der Waals surface area contributed by atoms with Gasteiger partial charge in [-0.15, -0.1) is 0 Å². The molecule has 0 saturated heterocycles. The highest BCUT2D eigenvalue weighted by atomic mass is 32.2. The van der Waals surface area contributed by atoms with E-state index < -0.39 is 9.84 Å². The van der Waals surface area contributed by atoms with Crippen LogP contribution in [-0.4, -0.2) is 39.8 Å². The summed E-state index contributed by atoms with van der Waals surface area (Å²) in [5.74, 6) is -0.308. The van der Waals surface area contributed by atoms with Gasteiger partial charge in [-0.3, -0.25) is 4.79 Å². The number of rotatable bonds is 6. The van der Waals surface area contributed by atoms with Gasteiger partial charge in [0.1, 0.15) is 0 Å². The molecule has 0 aliphatic carbocycles. The Labute approximate surface area is 113 Å². The van der Waals surface area contributed by atoms with Gasteiger partial charge in [0.15, 0.2) is 9.84 Å². The van der Waals surface area contributed by atoms with E-state index in [1.807, 2.05) is 13.8 Å². The number of benzene rings is 1. The molecule has 0 atom stereocenters. The van der Waals surface area contributed by atoms with Gasteiger partial charge < -0.3 is 10.1 Å². The second kappa shape index (κ2) is 6.68. The summed E-state index contributed by atoms with van der Waals surface area (Å²) in [5.41, 5.74) is 0.326. The minimum atomic E-state index is -3.30. The SMILES string of the molecule is CC(C)OCCNC(=O)c1cccc(S(C)(=O)=O)c1. The lowest BCUT2D eigenvalue weighted by Gasteiger charge is -2.09. The van der Waals surface area contributed by atoms with Crippen molar-refractivity contribution in [2.24, 2.45) is 0 Å². The van der Waals surface area contributed by atoms with Crippen molar-refractivity contribution in [1.82, 2.24) is 5.32 Å². The van der Waals surface area contributed by atoms with Gasteiger partial charge in [0.25, 0.3) is 5.91 Å². The number of ether oxygens (including phenoxy) is 1. The van der Waals surface area contributed by atoms with Crippen molar-refractivity contribution in [2.45, 2.75) is 24.8 Å². The first-order valence-electron chi connectivity index (χ1n) is 6.00. The summed E-state index contributed by atoms with van der Waals surface area (Å²) in [7, 11) is -3.30. The molecule has 0 unspecified atom stereocenters. The molecule has 1 rings (SSSR count). The Hall–Kier alpha value is -1.40. The molecular formula is C13H19NO4S. The molecule has 1 aromatic rings. The third-order valence-corrected chi connectivity index (χ3v) is 3.47. The Balaban J connectivity index is 2.63. The lowest BCUT2D eigenvalue weighted by atomic mass is 10.2. The normalized spacial score (nSPS) is 11.6. The summed E-state index contributed by atoms with van der Waals surface area (Å²) >= 11 is 0. The lowest BCUT2D eigenvalue weighted by molar-refractivity contribution is 0.0746. The zero-order valence-corrected chi connectivity index (χ0v) is 12.2. The van der Waals surface area contributed by atoms with Crippen molar-refractivity contribution in [2.75, 3.05) is 19.4 Å². The Morgan fingerprint density at radius 3 is 2.63 bits per heavy atom. The largest absolute Gasteiger partial charge is 0.377 e. The zero-order chi connectivity index (χ0) is 14.5. The molecule has 0 spiro atoms. The number of hydrogen-bond acceptors (Lipinski definition) is 4. The van der Waals surface area contributed by atoms with Gasteiger partial charge in [-0.2, -0.15) is 0 Å². The monoisotopic (exact) mass is 285 g/mol. The summed E-state index contributed by atoms with van der Waals surface area (Å²) in [6.45, 7) is 4.64. The molecule has 0 aliphatic rings. The number of amides is 1. The van der Waals surface area contributed by atoms with Crippen LogP contribution < -0.4 is 5.32 Å². The number of carbonyl (C=O) groups excluding carboxylic acids is 1. The number of hydrogen-bond donors (Lipinski definition) is 1. The van der Waals surface area contributed by atoms with Crippen molar-refractivity contribution in [3.63, 3.8) is 0 Å².